The number of hydrogen-bond acceptors (Lipinski definition) is 4. The minimum atomic E-state index is -0.679. The molecule has 2 atom stereocenters. The van der Waals surface area contributed by atoms with Gasteiger partial charge in [0.05, 0.1) is 12.3 Å². The van der Waals surface area contributed by atoms with Gasteiger partial charge in [-0.15, -0.1) is 0 Å². The Morgan fingerprint density at radius 3 is 2.48 bits per heavy atom. The number of benzene rings is 2. The van der Waals surface area contributed by atoms with Gasteiger partial charge in [-0.2, -0.15) is 0 Å². The molecule has 2 aromatic rings. The third kappa shape index (κ3) is 2.72. The average molecular weight is 380 g/mol. The van der Waals surface area contributed by atoms with E-state index in [0.717, 1.165) is 11.1 Å². The van der Waals surface area contributed by atoms with Crippen LogP contribution in [0.2, 0.25) is 5.02 Å². The summed E-state index contributed by atoms with van der Waals surface area (Å²) in [5.74, 6) is -1.69. The van der Waals surface area contributed by atoms with E-state index in [4.69, 9.17) is 16.3 Å². The predicted molar refractivity (Wildman–Crippen MR) is 105 cm³/mol. The van der Waals surface area contributed by atoms with Crippen LogP contribution < -0.4 is 0 Å². The fraction of sp³-hybridized carbons (Fsp3) is 0.227. The summed E-state index contributed by atoms with van der Waals surface area (Å²) in [7, 11) is 0. The summed E-state index contributed by atoms with van der Waals surface area (Å²) in [6, 6.07) is 14.7. The molecule has 2 aliphatic rings. The molecule has 27 heavy (non-hydrogen) atoms. The van der Waals surface area contributed by atoms with Gasteiger partial charge in [-0.3, -0.25) is 14.6 Å². The molecular formula is C22H18ClNO3. The molecule has 1 aliphatic carbocycles. The highest BCUT2D eigenvalue weighted by Gasteiger charge is 2.46. The van der Waals surface area contributed by atoms with Crippen LogP contribution in [0.4, 0.5) is 0 Å². The Bertz CT molecular complexity index is 1020. The zero-order valence-corrected chi connectivity index (χ0v) is 15.8. The summed E-state index contributed by atoms with van der Waals surface area (Å²) in [6.45, 7) is 3.83. The van der Waals surface area contributed by atoms with Gasteiger partial charge in [0.2, 0.25) is 0 Å². The topological polar surface area (TPSA) is 55.7 Å². The Balaban J connectivity index is 1.96. The van der Waals surface area contributed by atoms with Crippen molar-refractivity contribution in [2.75, 3.05) is 6.61 Å². The maximum atomic E-state index is 13.2. The van der Waals surface area contributed by atoms with Crippen LogP contribution in [-0.2, 0) is 9.53 Å². The van der Waals surface area contributed by atoms with Crippen LogP contribution in [-0.4, -0.2) is 24.1 Å². The standard InChI is InChI=1S/C22H18ClNO3/c1-3-27-22(26)17-12(2)24-20-13-8-4-5-9-14(13)21(25)19(20)18(17)15-10-6-7-11-16(15)23/h4-11,17-18H,3H2,1-2H3/t17?,18-/m0/s1. The first-order valence-corrected chi connectivity index (χ1v) is 9.27. The second-order valence-corrected chi connectivity index (χ2v) is 7.03. The number of carbonyl (C=O) groups excluding carboxylic acids is 2. The van der Waals surface area contributed by atoms with Gasteiger partial charge >= 0.3 is 5.97 Å². The van der Waals surface area contributed by atoms with Crippen molar-refractivity contribution < 1.29 is 14.3 Å². The van der Waals surface area contributed by atoms with Crippen LogP contribution >= 0.6 is 11.6 Å². The van der Waals surface area contributed by atoms with Crippen LogP contribution in [0.1, 0.15) is 41.3 Å². The van der Waals surface area contributed by atoms with Crippen LogP contribution in [0.15, 0.2) is 59.1 Å². The van der Waals surface area contributed by atoms with Gasteiger partial charge in [-0.25, -0.2) is 0 Å². The molecule has 0 N–H and O–H groups in total. The molecule has 1 heterocycles. The van der Waals surface area contributed by atoms with E-state index in [9.17, 15) is 9.59 Å². The highest BCUT2D eigenvalue weighted by atomic mass is 35.5. The molecule has 0 saturated heterocycles. The van der Waals surface area contributed by atoms with Gasteiger partial charge in [-0.1, -0.05) is 54.1 Å². The normalized spacial score (nSPS) is 20.9. The quantitative estimate of drug-likeness (QED) is 0.727. The summed E-state index contributed by atoms with van der Waals surface area (Å²) in [4.78, 5) is 30.7. The maximum absolute atomic E-state index is 13.2. The van der Waals surface area contributed by atoms with E-state index < -0.39 is 11.8 Å². The summed E-state index contributed by atoms with van der Waals surface area (Å²) in [5, 5.41) is 0.516. The van der Waals surface area contributed by atoms with E-state index in [1.807, 2.05) is 36.4 Å². The van der Waals surface area contributed by atoms with Crippen molar-refractivity contribution in [3.8, 4) is 0 Å². The lowest BCUT2D eigenvalue weighted by Crippen LogP contribution is -2.35. The molecule has 0 radical (unpaired) electrons. The van der Waals surface area contributed by atoms with Gasteiger partial charge in [0, 0.05) is 33.4 Å². The monoisotopic (exact) mass is 379 g/mol. The lowest BCUT2D eigenvalue weighted by Gasteiger charge is -2.31. The van der Waals surface area contributed by atoms with E-state index in [-0.39, 0.29) is 18.4 Å². The smallest absolute Gasteiger partial charge is 0.315 e. The van der Waals surface area contributed by atoms with E-state index in [1.54, 1.807) is 26.0 Å². The minimum absolute atomic E-state index is 0.101. The molecule has 0 bridgehead atoms. The number of rotatable bonds is 3. The number of ketones is 1. The Morgan fingerprint density at radius 2 is 1.78 bits per heavy atom. The van der Waals surface area contributed by atoms with Gasteiger partial charge < -0.3 is 4.74 Å². The van der Waals surface area contributed by atoms with Crippen molar-refractivity contribution >= 4 is 34.8 Å². The number of carbonyl (C=O) groups is 2. The number of Topliss-reactive ketones (excluding diaryl/α,β-unsaturated/α-hetero) is 1. The first-order valence-electron chi connectivity index (χ1n) is 8.89. The lowest BCUT2D eigenvalue weighted by atomic mass is 9.75. The molecule has 4 rings (SSSR count). The van der Waals surface area contributed by atoms with Crippen molar-refractivity contribution in [3.05, 3.63) is 75.8 Å². The largest absolute Gasteiger partial charge is 0.465 e. The maximum Gasteiger partial charge on any atom is 0.315 e. The summed E-state index contributed by atoms with van der Waals surface area (Å²) in [6.07, 6.45) is 0. The molecule has 0 saturated carbocycles. The second kappa shape index (κ2) is 6.78. The highest BCUT2D eigenvalue weighted by molar-refractivity contribution is 6.32. The van der Waals surface area contributed by atoms with Crippen LogP contribution in [0.25, 0.3) is 5.70 Å². The van der Waals surface area contributed by atoms with Crippen LogP contribution in [0.3, 0.4) is 0 Å². The summed E-state index contributed by atoms with van der Waals surface area (Å²) in [5.41, 5.74) is 3.94. The fourth-order valence-corrected chi connectivity index (χ4v) is 4.20. The minimum Gasteiger partial charge on any atom is -0.465 e. The van der Waals surface area contributed by atoms with E-state index in [2.05, 4.69) is 4.99 Å². The van der Waals surface area contributed by atoms with E-state index in [0.29, 0.717) is 27.6 Å². The number of halogens is 1. The molecule has 5 heteroatoms. The number of allylic oxidation sites excluding steroid dienone is 1. The zero-order chi connectivity index (χ0) is 19.1. The molecule has 4 nitrogen and oxygen atoms in total. The predicted octanol–water partition coefficient (Wildman–Crippen LogP) is 4.69. The number of nitrogens with zero attached hydrogens (tertiary/aromatic N) is 1. The average Bonchev–Trinajstić information content (AvgIpc) is 2.94. The van der Waals surface area contributed by atoms with Gasteiger partial charge in [-0.05, 0) is 25.5 Å². The molecule has 0 spiro atoms. The van der Waals surface area contributed by atoms with Gasteiger partial charge in [0.15, 0.2) is 5.78 Å². The molecule has 136 valence electrons. The first kappa shape index (κ1) is 17.7. The van der Waals surface area contributed by atoms with Crippen molar-refractivity contribution in [3.63, 3.8) is 0 Å². The lowest BCUT2D eigenvalue weighted by molar-refractivity contribution is -0.145. The SMILES string of the molecule is CCOC(=O)C1C(C)=NC2=C(C(=O)c3ccccc32)[C@H]1c1ccccc1Cl. The molecule has 2 aromatic carbocycles. The number of fused-ring (bicyclic) bond motifs is 2. The van der Waals surface area contributed by atoms with E-state index >= 15 is 0 Å². The van der Waals surface area contributed by atoms with Gasteiger partial charge in [0.25, 0.3) is 0 Å². The van der Waals surface area contributed by atoms with Gasteiger partial charge in [0.1, 0.15) is 5.92 Å². The second-order valence-electron chi connectivity index (χ2n) is 6.62. The summed E-state index contributed by atoms with van der Waals surface area (Å²) >= 11 is 6.48. The molecule has 1 aliphatic heterocycles. The van der Waals surface area contributed by atoms with Crippen molar-refractivity contribution in [1.29, 1.82) is 0 Å². The Morgan fingerprint density at radius 1 is 1.11 bits per heavy atom. The molecule has 0 fully saturated rings. The Hall–Kier alpha value is -2.72. The van der Waals surface area contributed by atoms with Crippen LogP contribution in [0.5, 0.6) is 0 Å². The van der Waals surface area contributed by atoms with Crippen molar-refractivity contribution in [2.24, 2.45) is 10.9 Å². The Kier molecular flexibility index (Phi) is 4.44. The fourth-order valence-electron chi connectivity index (χ4n) is 3.95. The van der Waals surface area contributed by atoms with Crippen molar-refractivity contribution in [2.45, 2.75) is 19.8 Å². The molecule has 1 unspecified atom stereocenters. The first-order chi connectivity index (χ1) is 13.0. The zero-order valence-electron chi connectivity index (χ0n) is 15.0. The third-order valence-electron chi connectivity index (χ3n) is 5.09. The van der Waals surface area contributed by atoms with Crippen molar-refractivity contribution in [1.82, 2.24) is 0 Å². The van der Waals surface area contributed by atoms with Crippen LogP contribution in [0, 0.1) is 5.92 Å². The molecular weight excluding hydrogens is 362 g/mol. The number of ether oxygens (including phenoxy) is 1. The summed E-state index contributed by atoms with van der Waals surface area (Å²) < 4.78 is 5.31. The Labute approximate surface area is 162 Å². The molecule has 0 aromatic heterocycles. The number of aliphatic imine (C=N–C) groups is 1. The number of hydrogen-bond donors (Lipinski definition) is 0. The molecule has 0 amide bonds. The number of esters is 1. The highest BCUT2D eigenvalue weighted by Crippen LogP contribution is 2.49. The van der Waals surface area contributed by atoms with E-state index in [1.165, 1.54) is 0 Å². The third-order valence-corrected chi connectivity index (χ3v) is 5.43.